The van der Waals surface area contributed by atoms with Gasteiger partial charge in [-0.1, -0.05) is 82.2 Å². The fraction of sp³-hybridized carbons (Fsp3) is 0.556. The predicted molar refractivity (Wildman–Crippen MR) is 82.0 cm³/mol. The molecule has 1 rings (SSSR count). The highest BCUT2D eigenvalue weighted by molar-refractivity contribution is 5.39. The zero-order chi connectivity index (χ0) is 14.7. The maximum atomic E-state index is 9.43. The molecule has 0 aromatic heterocycles. The number of benzene rings is 1. The molecule has 1 aromatic rings. The second-order valence-electron chi connectivity index (χ2n) is 5.37. The Bertz CT molecular complexity index is 437. The van der Waals surface area contributed by atoms with Crippen LogP contribution in [0.25, 0.3) is 0 Å². The van der Waals surface area contributed by atoms with Crippen molar-refractivity contribution in [1.82, 2.24) is 0 Å². The van der Waals surface area contributed by atoms with Gasteiger partial charge in [-0.3, -0.25) is 0 Å². The summed E-state index contributed by atoms with van der Waals surface area (Å²) in [7, 11) is 0. The smallest absolute Gasteiger partial charge is 0.168 e. The number of hydrogen-bond acceptors (Lipinski definition) is 2. The molecule has 2 heteroatoms. The van der Waals surface area contributed by atoms with Crippen LogP contribution in [0.1, 0.15) is 63.9 Å². The Morgan fingerprint density at radius 3 is 1.95 bits per heavy atom. The van der Waals surface area contributed by atoms with Crippen LogP contribution in [0, 0.1) is 22.7 Å². The van der Waals surface area contributed by atoms with Gasteiger partial charge in [0.1, 0.15) is 0 Å². The van der Waals surface area contributed by atoms with Crippen LogP contribution in [-0.4, -0.2) is 0 Å². The third-order valence-electron chi connectivity index (χ3n) is 3.80. The molecule has 0 N–H and O–H groups in total. The molecule has 0 aliphatic carbocycles. The lowest BCUT2D eigenvalue weighted by molar-refractivity contribution is 0.529. The van der Waals surface area contributed by atoms with Crippen LogP contribution in [0.3, 0.4) is 0 Å². The first-order chi connectivity index (χ1) is 9.79. The summed E-state index contributed by atoms with van der Waals surface area (Å²) >= 11 is 0. The van der Waals surface area contributed by atoms with E-state index in [2.05, 4.69) is 19.1 Å². The Kier molecular flexibility index (Phi) is 7.44. The molecule has 0 spiro atoms. The van der Waals surface area contributed by atoms with E-state index < -0.39 is 5.41 Å². The lowest BCUT2D eigenvalue weighted by Gasteiger charge is -2.18. The summed E-state index contributed by atoms with van der Waals surface area (Å²) in [4.78, 5) is 0. The van der Waals surface area contributed by atoms with Crippen LogP contribution in [0.4, 0.5) is 0 Å². The fourth-order valence-electron chi connectivity index (χ4n) is 2.48. The van der Waals surface area contributed by atoms with Crippen molar-refractivity contribution < 1.29 is 0 Å². The van der Waals surface area contributed by atoms with Gasteiger partial charge >= 0.3 is 0 Å². The number of unbranched alkanes of at least 4 members (excludes halogenated alkanes) is 6. The summed E-state index contributed by atoms with van der Waals surface area (Å²) in [5.74, 6) is 0. The zero-order valence-corrected chi connectivity index (χ0v) is 12.4. The van der Waals surface area contributed by atoms with E-state index in [1.54, 1.807) is 0 Å². The lowest BCUT2D eigenvalue weighted by Crippen LogP contribution is -2.21. The fourth-order valence-corrected chi connectivity index (χ4v) is 2.48. The summed E-state index contributed by atoms with van der Waals surface area (Å²) in [5.41, 5.74) is -0.138. The van der Waals surface area contributed by atoms with Crippen molar-refractivity contribution in [2.75, 3.05) is 0 Å². The van der Waals surface area contributed by atoms with Gasteiger partial charge < -0.3 is 0 Å². The van der Waals surface area contributed by atoms with Crippen molar-refractivity contribution in [2.45, 2.75) is 63.7 Å². The minimum atomic E-state index is -0.968. The van der Waals surface area contributed by atoms with E-state index in [4.69, 9.17) is 0 Å². The molecule has 0 saturated carbocycles. The van der Waals surface area contributed by atoms with Gasteiger partial charge in [0.15, 0.2) is 5.41 Å². The minimum absolute atomic E-state index is 0.637. The molecule has 20 heavy (non-hydrogen) atoms. The van der Waals surface area contributed by atoms with Crippen LogP contribution in [0.5, 0.6) is 0 Å². The van der Waals surface area contributed by atoms with Gasteiger partial charge in [0.25, 0.3) is 0 Å². The Morgan fingerprint density at radius 2 is 1.40 bits per heavy atom. The van der Waals surface area contributed by atoms with Crippen molar-refractivity contribution in [3.8, 4) is 12.1 Å². The van der Waals surface area contributed by atoms with E-state index >= 15 is 0 Å². The maximum absolute atomic E-state index is 9.43. The second-order valence-corrected chi connectivity index (χ2v) is 5.37. The highest BCUT2D eigenvalue weighted by Gasteiger charge is 2.31. The van der Waals surface area contributed by atoms with Crippen molar-refractivity contribution in [2.24, 2.45) is 0 Å². The number of hydrogen-bond donors (Lipinski definition) is 0. The summed E-state index contributed by atoms with van der Waals surface area (Å²) in [6.07, 6.45) is 9.05. The molecule has 0 saturated heterocycles. The van der Waals surface area contributed by atoms with Gasteiger partial charge in [0, 0.05) is 0 Å². The number of nitrogens with zero attached hydrogens (tertiary/aromatic N) is 2. The average molecular weight is 268 g/mol. The monoisotopic (exact) mass is 268 g/mol. The summed E-state index contributed by atoms with van der Waals surface area (Å²) < 4.78 is 0. The highest BCUT2D eigenvalue weighted by Crippen LogP contribution is 2.29. The van der Waals surface area contributed by atoms with Crippen LogP contribution in [-0.2, 0) is 5.41 Å². The van der Waals surface area contributed by atoms with E-state index in [0.29, 0.717) is 6.42 Å². The number of nitriles is 2. The zero-order valence-electron chi connectivity index (χ0n) is 12.4. The van der Waals surface area contributed by atoms with Gasteiger partial charge in [-0.15, -0.1) is 0 Å². The molecule has 0 fully saturated rings. The molecule has 0 bridgehead atoms. The first-order valence-electron chi connectivity index (χ1n) is 7.67. The molecule has 1 aromatic carbocycles. The van der Waals surface area contributed by atoms with Crippen LogP contribution < -0.4 is 0 Å². The van der Waals surface area contributed by atoms with Gasteiger partial charge in [0.2, 0.25) is 0 Å². The summed E-state index contributed by atoms with van der Waals surface area (Å²) in [5, 5.41) is 18.9. The van der Waals surface area contributed by atoms with Crippen molar-refractivity contribution in [3.05, 3.63) is 35.9 Å². The predicted octanol–water partition coefficient (Wildman–Crippen LogP) is 5.11. The van der Waals surface area contributed by atoms with E-state index in [0.717, 1.165) is 18.4 Å². The Labute approximate surface area is 123 Å². The molecule has 0 aliphatic heterocycles. The molecule has 0 amide bonds. The van der Waals surface area contributed by atoms with E-state index in [9.17, 15) is 10.5 Å². The average Bonchev–Trinajstić information content (AvgIpc) is 2.52. The first-order valence-corrected chi connectivity index (χ1v) is 7.67. The molecule has 0 radical (unpaired) electrons. The van der Waals surface area contributed by atoms with Crippen LogP contribution >= 0.6 is 0 Å². The molecule has 0 heterocycles. The van der Waals surface area contributed by atoms with Crippen molar-refractivity contribution in [1.29, 1.82) is 10.5 Å². The third kappa shape index (κ3) is 4.71. The molecule has 2 nitrogen and oxygen atoms in total. The lowest BCUT2D eigenvalue weighted by atomic mass is 9.79. The van der Waals surface area contributed by atoms with Gasteiger partial charge in [-0.25, -0.2) is 0 Å². The third-order valence-corrected chi connectivity index (χ3v) is 3.80. The highest BCUT2D eigenvalue weighted by atomic mass is 14.4. The first kappa shape index (κ1) is 16.3. The Balaban J connectivity index is 2.46. The van der Waals surface area contributed by atoms with Crippen LogP contribution in [0.15, 0.2) is 30.3 Å². The van der Waals surface area contributed by atoms with E-state index in [-0.39, 0.29) is 0 Å². The normalized spacial score (nSPS) is 10.8. The summed E-state index contributed by atoms with van der Waals surface area (Å²) in [6.45, 7) is 2.22. The van der Waals surface area contributed by atoms with E-state index in [1.807, 2.05) is 30.3 Å². The minimum Gasteiger partial charge on any atom is -0.196 e. The van der Waals surface area contributed by atoms with Crippen LogP contribution in [0.2, 0.25) is 0 Å². The summed E-state index contributed by atoms with van der Waals surface area (Å²) in [6, 6.07) is 13.9. The van der Waals surface area contributed by atoms with E-state index in [1.165, 1.54) is 32.1 Å². The molecule has 0 atom stereocenters. The topological polar surface area (TPSA) is 47.6 Å². The van der Waals surface area contributed by atoms with Gasteiger partial charge in [0.05, 0.1) is 12.1 Å². The second kappa shape index (κ2) is 9.16. The largest absolute Gasteiger partial charge is 0.196 e. The molecular formula is C18H24N2. The van der Waals surface area contributed by atoms with Gasteiger partial charge in [-0.2, -0.15) is 10.5 Å². The maximum Gasteiger partial charge on any atom is 0.168 e. The molecule has 0 unspecified atom stereocenters. The SMILES string of the molecule is CCCCCCCCCC(C#N)(C#N)c1ccccc1. The quantitative estimate of drug-likeness (QED) is 0.584. The standard InChI is InChI=1S/C18H24N2/c1-2-3-4-5-6-7-11-14-18(15-19,16-20)17-12-9-8-10-13-17/h8-10,12-13H,2-7,11,14H2,1H3. The Hall–Kier alpha value is -1.80. The van der Waals surface area contributed by atoms with Crippen molar-refractivity contribution in [3.63, 3.8) is 0 Å². The van der Waals surface area contributed by atoms with Gasteiger partial charge in [-0.05, 0) is 12.0 Å². The molecule has 0 aliphatic rings. The molecular weight excluding hydrogens is 244 g/mol. The Morgan fingerprint density at radius 1 is 0.850 bits per heavy atom. The molecule has 106 valence electrons. The number of rotatable bonds is 9. The van der Waals surface area contributed by atoms with Crippen molar-refractivity contribution >= 4 is 0 Å².